The van der Waals surface area contributed by atoms with Crippen molar-refractivity contribution in [3.8, 4) is 5.75 Å². The first-order valence-electron chi connectivity index (χ1n) is 6.01. The molecule has 23 heavy (non-hydrogen) atoms. The highest BCUT2D eigenvalue weighted by atomic mass is 79.9. The van der Waals surface area contributed by atoms with Gasteiger partial charge in [-0.1, -0.05) is 27.5 Å². The summed E-state index contributed by atoms with van der Waals surface area (Å²) in [4.78, 5) is 11.4. The van der Waals surface area contributed by atoms with E-state index in [4.69, 9.17) is 16.3 Å². The zero-order valence-electron chi connectivity index (χ0n) is 11.2. The molecule has 0 fully saturated rings. The SMILES string of the molecule is O=C(Oc1ccc(Br)cc1Cl)c1ccc(S(=O)(=O)C(F)F)cc1. The van der Waals surface area contributed by atoms with Crippen LogP contribution in [-0.2, 0) is 9.84 Å². The van der Waals surface area contributed by atoms with Crippen LogP contribution in [0.1, 0.15) is 10.4 Å². The number of esters is 1. The van der Waals surface area contributed by atoms with Crippen LogP contribution in [0, 0.1) is 0 Å². The summed E-state index contributed by atoms with van der Waals surface area (Å²) < 4.78 is 53.2. The fraction of sp³-hybridized carbons (Fsp3) is 0.0714. The van der Waals surface area contributed by atoms with Gasteiger partial charge in [-0.2, -0.15) is 8.78 Å². The normalized spacial score (nSPS) is 11.5. The van der Waals surface area contributed by atoms with Crippen molar-refractivity contribution in [3.63, 3.8) is 0 Å². The molecule has 0 spiro atoms. The van der Waals surface area contributed by atoms with Crippen LogP contribution in [0.5, 0.6) is 5.75 Å². The van der Waals surface area contributed by atoms with Crippen molar-refractivity contribution in [3.05, 3.63) is 57.5 Å². The van der Waals surface area contributed by atoms with Crippen molar-refractivity contribution in [1.82, 2.24) is 0 Å². The van der Waals surface area contributed by atoms with Gasteiger partial charge in [0.1, 0.15) is 5.75 Å². The second kappa shape index (κ2) is 6.94. The van der Waals surface area contributed by atoms with Crippen molar-refractivity contribution < 1.29 is 26.7 Å². The van der Waals surface area contributed by atoms with Crippen LogP contribution in [0.25, 0.3) is 0 Å². The van der Waals surface area contributed by atoms with Gasteiger partial charge in [0.25, 0.3) is 0 Å². The van der Waals surface area contributed by atoms with Gasteiger partial charge in [0, 0.05) is 4.47 Å². The lowest BCUT2D eigenvalue weighted by atomic mass is 10.2. The Balaban J connectivity index is 2.21. The first kappa shape index (κ1) is 17.8. The van der Waals surface area contributed by atoms with E-state index >= 15 is 0 Å². The van der Waals surface area contributed by atoms with E-state index in [1.54, 1.807) is 6.07 Å². The van der Waals surface area contributed by atoms with Crippen LogP contribution in [0.15, 0.2) is 51.8 Å². The quantitative estimate of drug-likeness (QED) is 0.541. The van der Waals surface area contributed by atoms with Gasteiger partial charge in [-0.15, -0.1) is 0 Å². The molecule has 0 aliphatic rings. The Morgan fingerprint density at radius 2 is 1.74 bits per heavy atom. The minimum absolute atomic E-state index is 0.00259. The molecule has 0 atom stereocenters. The van der Waals surface area contributed by atoms with Gasteiger partial charge in [0.2, 0.25) is 9.84 Å². The highest BCUT2D eigenvalue weighted by molar-refractivity contribution is 9.10. The lowest BCUT2D eigenvalue weighted by molar-refractivity contribution is 0.0734. The second-order valence-corrected chi connectivity index (χ2v) is 7.53. The number of hydrogen-bond donors (Lipinski definition) is 0. The molecule has 9 heteroatoms. The number of ether oxygens (including phenoxy) is 1. The zero-order valence-corrected chi connectivity index (χ0v) is 14.3. The summed E-state index contributed by atoms with van der Waals surface area (Å²) >= 11 is 9.11. The minimum Gasteiger partial charge on any atom is -0.421 e. The summed E-state index contributed by atoms with van der Waals surface area (Å²) in [6, 6.07) is 8.63. The number of rotatable bonds is 4. The van der Waals surface area contributed by atoms with Crippen LogP contribution < -0.4 is 4.74 Å². The molecule has 0 unspecified atom stereocenters. The third kappa shape index (κ3) is 4.07. The number of carbonyl (C=O) groups excluding carboxylic acids is 1. The first-order valence-corrected chi connectivity index (χ1v) is 8.73. The molecule has 0 saturated heterocycles. The molecule has 0 heterocycles. The van der Waals surface area contributed by atoms with Crippen LogP contribution in [0.3, 0.4) is 0 Å². The Kier molecular flexibility index (Phi) is 5.38. The lowest BCUT2D eigenvalue weighted by Gasteiger charge is -2.07. The molecule has 0 aromatic heterocycles. The Labute approximate surface area is 144 Å². The predicted octanol–water partition coefficient (Wildman–Crippen LogP) is 4.32. The number of benzene rings is 2. The van der Waals surface area contributed by atoms with E-state index in [1.165, 1.54) is 12.1 Å². The topological polar surface area (TPSA) is 60.4 Å². The minimum atomic E-state index is -4.70. The smallest absolute Gasteiger partial charge is 0.343 e. The Hall–Kier alpha value is -1.51. The van der Waals surface area contributed by atoms with E-state index in [0.29, 0.717) is 4.47 Å². The lowest BCUT2D eigenvalue weighted by Crippen LogP contribution is -2.12. The second-order valence-electron chi connectivity index (χ2n) is 4.29. The largest absolute Gasteiger partial charge is 0.421 e. The standard InChI is InChI=1S/C14H8BrClF2O4S/c15-9-3-6-12(11(16)7-9)22-13(19)8-1-4-10(5-2-8)23(20,21)14(17)18/h1-7,14H. The first-order chi connectivity index (χ1) is 10.7. The Bertz CT molecular complexity index is 838. The van der Waals surface area contributed by atoms with E-state index in [1.807, 2.05) is 0 Å². The maximum absolute atomic E-state index is 12.4. The molecule has 0 amide bonds. The number of halogens is 4. The van der Waals surface area contributed by atoms with E-state index in [-0.39, 0.29) is 16.3 Å². The van der Waals surface area contributed by atoms with Crippen LogP contribution in [0.4, 0.5) is 8.78 Å². The van der Waals surface area contributed by atoms with E-state index in [2.05, 4.69) is 15.9 Å². The van der Waals surface area contributed by atoms with Crippen molar-refractivity contribution >= 4 is 43.3 Å². The molecular weight excluding hydrogens is 418 g/mol. The summed E-state index contributed by atoms with van der Waals surface area (Å²) in [5.74, 6) is -4.21. The summed E-state index contributed by atoms with van der Waals surface area (Å²) in [7, 11) is -4.70. The van der Waals surface area contributed by atoms with Gasteiger partial charge in [0.05, 0.1) is 15.5 Å². The molecule has 0 bridgehead atoms. The average molecular weight is 426 g/mol. The van der Waals surface area contributed by atoms with Crippen LogP contribution in [0.2, 0.25) is 5.02 Å². The molecule has 0 aliphatic carbocycles. The van der Waals surface area contributed by atoms with E-state index in [9.17, 15) is 22.0 Å². The molecule has 122 valence electrons. The highest BCUT2D eigenvalue weighted by Gasteiger charge is 2.26. The maximum Gasteiger partial charge on any atom is 0.343 e. The Morgan fingerprint density at radius 1 is 1.13 bits per heavy atom. The molecule has 0 radical (unpaired) electrons. The predicted molar refractivity (Wildman–Crippen MR) is 83.7 cm³/mol. The van der Waals surface area contributed by atoms with Crippen molar-refractivity contribution in [1.29, 1.82) is 0 Å². The molecule has 0 N–H and O–H groups in total. The van der Waals surface area contributed by atoms with Crippen molar-refractivity contribution in [2.24, 2.45) is 0 Å². The van der Waals surface area contributed by atoms with Gasteiger partial charge >= 0.3 is 11.7 Å². The molecule has 0 saturated carbocycles. The fourth-order valence-corrected chi connectivity index (χ4v) is 3.03. The molecule has 2 aromatic carbocycles. The molecule has 0 aliphatic heterocycles. The van der Waals surface area contributed by atoms with Gasteiger partial charge in [-0.3, -0.25) is 0 Å². The van der Waals surface area contributed by atoms with Gasteiger partial charge in [-0.25, -0.2) is 13.2 Å². The summed E-state index contributed by atoms with van der Waals surface area (Å²) in [5.41, 5.74) is -0.00259. The van der Waals surface area contributed by atoms with Crippen molar-refractivity contribution in [2.75, 3.05) is 0 Å². The number of hydrogen-bond acceptors (Lipinski definition) is 4. The van der Waals surface area contributed by atoms with Crippen molar-refractivity contribution in [2.45, 2.75) is 10.7 Å². The van der Waals surface area contributed by atoms with E-state index in [0.717, 1.165) is 24.3 Å². The highest BCUT2D eigenvalue weighted by Crippen LogP contribution is 2.28. The maximum atomic E-state index is 12.4. The van der Waals surface area contributed by atoms with E-state index < -0.39 is 26.5 Å². The van der Waals surface area contributed by atoms with Gasteiger partial charge in [-0.05, 0) is 42.5 Å². The monoisotopic (exact) mass is 424 g/mol. The summed E-state index contributed by atoms with van der Waals surface area (Å²) in [5, 5.41) is 0.199. The summed E-state index contributed by atoms with van der Waals surface area (Å²) in [6.07, 6.45) is 0. The molecule has 2 rings (SSSR count). The Morgan fingerprint density at radius 3 is 2.26 bits per heavy atom. The average Bonchev–Trinajstić information content (AvgIpc) is 2.50. The zero-order chi connectivity index (χ0) is 17.2. The van der Waals surface area contributed by atoms with Gasteiger partial charge < -0.3 is 4.74 Å². The fourth-order valence-electron chi connectivity index (χ4n) is 1.60. The molecule has 2 aromatic rings. The van der Waals surface area contributed by atoms with Crippen LogP contribution >= 0.6 is 27.5 Å². The third-order valence-corrected chi connectivity index (χ3v) is 4.94. The number of alkyl halides is 2. The molecular formula is C14H8BrClF2O4S. The van der Waals surface area contributed by atoms with Gasteiger partial charge in [0.15, 0.2) is 0 Å². The number of carbonyl (C=O) groups is 1. The third-order valence-electron chi connectivity index (χ3n) is 2.75. The van der Waals surface area contributed by atoms with Crippen LogP contribution in [-0.4, -0.2) is 20.1 Å². The molecule has 4 nitrogen and oxygen atoms in total. The number of sulfone groups is 1. The summed E-state index contributed by atoms with van der Waals surface area (Å²) in [6.45, 7) is 0.